The molecule has 9 heteroatoms. The molecule has 0 bridgehead atoms. The van der Waals surface area contributed by atoms with Gasteiger partial charge in [0.05, 0.1) is 9.23 Å². The van der Waals surface area contributed by atoms with Crippen LogP contribution in [0.25, 0.3) is 0 Å². The molecular weight excluding hydrogens is 406 g/mol. The minimum atomic E-state index is -3.57. The molecule has 3 rings (SSSR count). The second-order valence-electron chi connectivity index (χ2n) is 6.32. The molecule has 146 valence electrons. The number of nitrogens with one attached hydrogen (secondary N) is 1. The number of amides is 1. The van der Waals surface area contributed by atoms with Gasteiger partial charge in [0, 0.05) is 50.6 Å². The van der Waals surface area contributed by atoms with E-state index in [0.717, 1.165) is 24.0 Å². The zero-order chi connectivity index (χ0) is 19.3. The van der Waals surface area contributed by atoms with Gasteiger partial charge in [0.2, 0.25) is 15.9 Å². The van der Waals surface area contributed by atoms with Crippen molar-refractivity contribution in [3.63, 3.8) is 0 Å². The number of rotatable bonds is 7. The highest BCUT2D eigenvalue weighted by molar-refractivity contribution is 7.89. The number of carbonyl (C=O) groups excluding carboxylic acids is 1. The molecule has 6 nitrogen and oxygen atoms in total. The number of carbonyl (C=O) groups is 1. The van der Waals surface area contributed by atoms with Crippen molar-refractivity contribution in [1.29, 1.82) is 0 Å². The van der Waals surface area contributed by atoms with Gasteiger partial charge in [-0.2, -0.15) is 0 Å². The van der Waals surface area contributed by atoms with Crippen molar-refractivity contribution in [3.05, 3.63) is 51.7 Å². The fourth-order valence-electron chi connectivity index (χ4n) is 2.95. The van der Waals surface area contributed by atoms with Gasteiger partial charge in [-0.3, -0.25) is 9.69 Å². The third kappa shape index (κ3) is 5.76. The smallest absolute Gasteiger partial charge is 0.240 e. The molecule has 0 radical (unpaired) electrons. The Morgan fingerprint density at radius 3 is 2.41 bits per heavy atom. The Kier molecular flexibility index (Phi) is 6.88. The van der Waals surface area contributed by atoms with E-state index in [1.54, 1.807) is 34.4 Å². The average molecular weight is 428 g/mol. The second kappa shape index (κ2) is 9.16. The van der Waals surface area contributed by atoms with Gasteiger partial charge in [0.25, 0.3) is 0 Å². The van der Waals surface area contributed by atoms with Gasteiger partial charge >= 0.3 is 0 Å². The summed E-state index contributed by atoms with van der Waals surface area (Å²) in [5, 5.41) is 0. The molecule has 1 aliphatic rings. The van der Waals surface area contributed by atoms with Crippen LogP contribution < -0.4 is 4.72 Å². The van der Waals surface area contributed by atoms with E-state index >= 15 is 0 Å². The first kappa shape index (κ1) is 20.3. The van der Waals surface area contributed by atoms with Crippen molar-refractivity contribution < 1.29 is 13.2 Å². The van der Waals surface area contributed by atoms with Gasteiger partial charge in [-0.05, 0) is 24.3 Å². The van der Waals surface area contributed by atoms with Gasteiger partial charge in [-0.25, -0.2) is 13.1 Å². The van der Waals surface area contributed by atoms with E-state index in [0.29, 0.717) is 13.1 Å². The Hall–Kier alpha value is -1.45. The van der Waals surface area contributed by atoms with Crippen molar-refractivity contribution >= 4 is 38.9 Å². The molecule has 1 N–H and O–H groups in total. The summed E-state index contributed by atoms with van der Waals surface area (Å²) in [4.78, 5) is 17.9. The number of sulfonamides is 1. The zero-order valence-electron chi connectivity index (χ0n) is 14.8. The SMILES string of the molecule is O=C(CCNS(=O)(=O)c1ccccc1)N1CCN(Cc2ccc(Cl)s2)CC1. The Labute approximate surface area is 168 Å². The molecular formula is C18H22ClN3O3S2. The van der Waals surface area contributed by atoms with Gasteiger partial charge in [-0.1, -0.05) is 29.8 Å². The number of benzene rings is 1. The molecule has 0 spiro atoms. The molecule has 0 saturated carbocycles. The summed E-state index contributed by atoms with van der Waals surface area (Å²) in [6.07, 6.45) is 0.159. The Bertz CT molecular complexity index is 863. The first-order valence-electron chi connectivity index (χ1n) is 8.73. The molecule has 1 amide bonds. The Balaban J connectivity index is 1.41. The Morgan fingerprint density at radius 2 is 1.78 bits per heavy atom. The largest absolute Gasteiger partial charge is 0.340 e. The third-order valence-electron chi connectivity index (χ3n) is 4.42. The number of piperazine rings is 1. The quantitative estimate of drug-likeness (QED) is 0.736. The van der Waals surface area contributed by atoms with E-state index in [1.807, 2.05) is 12.1 Å². The summed E-state index contributed by atoms with van der Waals surface area (Å²) in [7, 11) is -3.57. The van der Waals surface area contributed by atoms with Crippen molar-refractivity contribution in [2.24, 2.45) is 0 Å². The van der Waals surface area contributed by atoms with E-state index in [-0.39, 0.29) is 23.8 Å². The molecule has 1 aromatic carbocycles. The minimum absolute atomic E-state index is 0.0235. The normalized spacial score (nSPS) is 15.8. The molecule has 1 fully saturated rings. The van der Waals surface area contributed by atoms with Crippen molar-refractivity contribution in [3.8, 4) is 0 Å². The molecule has 1 aliphatic heterocycles. The lowest BCUT2D eigenvalue weighted by Gasteiger charge is -2.34. The van der Waals surface area contributed by atoms with E-state index in [1.165, 1.54) is 17.0 Å². The number of hydrogen-bond donors (Lipinski definition) is 1. The maximum atomic E-state index is 12.3. The predicted octanol–water partition coefficient (Wildman–Crippen LogP) is 2.41. The van der Waals surface area contributed by atoms with E-state index in [2.05, 4.69) is 9.62 Å². The van der Waals surface area contributed by atoms with Crippen LogP contribution in [-0.4, -0.2) is 56.8 Å². The standard InChI is InChI=1S/C18H22ClN3O3S2/c19-17-7-6-15(26-17)14-21-10-12-22(13-11-21)18(23)8-9-20-27(24,25)16-4-2-1-3-5-16/h1-7,20H,8-14H2. The van der Waals surface area contributed by atoms with Crippen LogP contribution in [0, 0.1) is 0 Å². The summed E-state index contributed by atoms with van der Waals surface area (Å²) in [5.41, 5.74) is 0. The molecule has 2 heterocycles. The highest BCUT2D eigenvalue weighted by atomic mass is 35.5. The molecule has 0 aliphatic carbocycles. The van der Waals surface area contributed by atoms with E-state index in [9.17, 15) is 13.2 Å². The van der Waals surface area contributed by atoms with Gasteiger partial charge in [-0.15, -0.1) is 11.3 Å². The predicted molar refractivity (Wildman–Crippen MR) is 107 cm³/mol. The molecule has 27 heavy (non-hydrogen) atoms. The summed E-state index contributed by atoms with van der Waals surface area (Å²) in [5.74, 6) is -0.0235. The fraction of sp³-hybridized carbons (Fsp3) is 0.389. The number of thiophene rings is 1. The average Bonchev–Trinajstić information content (AvgIpc) is 3.07. The zero-order valence-corrected chi connectivity index (χ0v) is 17.2. The lowest BCUT2D eigenvalue weighted by molar-refractivity contribution is -0.132. The van der Waals surface area contributed by atoms with Crippen LogP contribution in [0.3, 0.4) is 0 Å². The summed E-state index contributed by atoms with van der Waals surface area (Å²) in [6.45, 7) is 3.86. The van der Waals surface area contributed by atoms with Gasteiger partial charge < -0.3 is 4.90 Å². The molecule has 0 atom stereocenters. The minimum Gasteiger partial charge on any atom is -0.340 e. The van der Waals surface area contributed by atoms with Crippen molar-refractivity contribution in [1.82, 2.24) is 14.5 Å². The summed E-state index contributed by atoms with van der Waals surface area (Å²) in [6, 6.07) is 12.1. The summed E-state index contributed by atoms with van der Waals surface area (Å²) < 4.78 is 27.6. The summed E-state index contributed by atoms with van der Waals surface area (Å²) >= 11 is 7.54. The van der Waals surface area contributed by atoms with Gasteiger partial charge in [0.1, 0.15) is 0 Å². The topological polar surface area (TPSA) is 69.7 Å². The van der Waals surface area contributed by atoms with E-state index < -0.39 is 10.0 Å². The van der Waals surface area contributed by atoms with Crippen LogP contribution >= 0.6 is 22.9 Å². The molecule has 1 saturated heterocycles. The highest BCUT2D eigenvalue weighted by Gasteiger charge is 2.22. The second-order valence-corrected chi connectivity index (χ2v) is 9.89. The van der Waals surface area contributed by atoms with Crippen molar-refractivity contribution in [2.45, 2.75) is 17.9 Å². The lowest BCUT2D eigenvalue weighted by atomic mass is 10.2. The van der Waals surface area contributed by atoms with Crippen LogP contribution in [-0.2, 0) is 21.4 Å². The molecule has 0 unspecified atom stereocenters. The van der Waals surface area contributed by atoms with Crippen LogP contribution in [0.5, 0.6) is 0 Å². The number of halogens is 1. The van der Waals surface area contributed by atoms with Crippen LogP contribution in [0.2, 0.25) is 4.34 Å². The van der Waals surface area contributed by atoms with E-state index in [4.69, 9.17) is 11.6 Å². The monoisotopic (exact) mass is 427 g/mol. The third-order valence-corrected chi connectivity index (χ3v) is 7.11. The van der Waals surface area contributed by atoms with Gasteiger partial charge in [0.15, 0.2) is 0 Å². The number of nitrogens with zero attached hydrogens (tertiary/aromatic N) is 2. The van der Waals surface area contributed by atoms with Crippen LogP contribution in [0.4, 0.5) is 0 Å². The fourth-order valence-corrected chi connectivity index (χ4v) is 5.13. The highest BCUT2D eigenvalue weighted by Crippen LogP contribution is 2.23. The molecule has 1 aromatic heterocycles. The maximum absolute atomic E-state index is 12.3. The Morgan fingerprint density at radius 1 is 1.07 bits per heavy atom. The van der Waals surface area contributed by atoms with Crippen molar-refractivity contribution in [2.75, 3.05) is 32.7 Å². The van der Waals surface area contributed by atoms with Crippen LogP contribution in [0.15, 0.2) is 47.4 Å². The van der Waals surface area contributed by atoms with Crippen LogP contribution in [0.1, 0.15) is 11.3 Å². The first-order valence-corrected chi connectivity index (χ1v) is 11.4. The lowest BCUT2D eigenvalue weighted by Crippen LogP contribution is -2.48. The maximum Gasteiger partial charge on any atom is 0.240 e. The number of hydrogen-bond acceptors (Lipinski definition) is 5. The molecule has 2 aromatic rings. The first-order chi connectivity index (χ1) is 12.9.